The minimum absolute atomic E-state index is 0.157. The maximum atomic E-state index is 3.69. The van der Waals surface area contributed by atoms with Gasteiger partial charge in [-0.1, -0.05) is 95.0 Å². The van der Waals surface area contributed by atoms with Crippen LogP contribution >= 0.6 is 0 Å². The second-order valence-corrected chi connectivity index (χ2v) is 14.8. The van der Waals surface area contributed by atoms with Crippen LogP contribution in [-0.2, 0) is 0 Å². The van der Waals surface area contributed by atoms with Gasteiger partial charge in [0.15, 0.2) is 0 Å². The number of allylic oxidation sites excluding steroid dienone is 2. The van der Waals surface area contributed by atoms with Gasteiger partial charge in [-0.2, -0.15) is 0 Å². The van der Waals surface area contributed by atoms with Crippen molar-refractivity contribution < 1.29 is 0 Å². The molecule has 0 spiro atoms. The third-order valence-electron chi connectivity index (χ3n) is 5.36. The SMILES string of the molecule is Cc1cc(-c2ccccc2)ccc1C1C=C(C(C)(C)C)C([Si](C)(C)C)=CN1. The van der Waals surface area contributed by atoms with Crippen molar-refractivity contribution in [2.45, 2.75) is 53.4 Å². The summed E-state index contributed by atoms with van der Waals surface area (Å²) < 4.78 is 0. The number of benzene rings is 2. The van der Waals surface area contributed by atoms with Crippen LogP contribution in [0.15, 0.2) is 71.6 Å². The van der Waals surface area contributed by atoms with Gasteiger partial charge in [0.2, 0.25) is 0 Å². The molecule has 3 rings (SSSR count). The molecule has 0 amide bonds. The topological polar surface area (TPSA) is 12.0 Å². The van der Waals surface area contributed by atoms with E-state index in [0.717, 1.165) is 0 Å². The molecule has 2 aromatic carbocycles. The molecule has 0 bridgehead atoms. The molecule has 27 heavy (non-hydrogen) atoms. The lowest BCUT2D eigenvalue weighted by Gasteiger charge is -2.37. The summed E-state index contributed by atoms with van der Waals surface area (Å²) in [6.07, 6.45) is 4.78. The molecule has 1 aliphatic rings. The number of nitrogens with one attached hydrogen (secondary N) is 1. The molecule has 1 N–H and O–H groups in total. The predicted molar refractivity (Wildman–Crippen MR) is 121 cm³/mol. The van der Waals surface area contributed by atoms with Crippen LogP contribution in [-0.4, -0.2) is 8.07 Å². The Hall–Kier alpha value is -2.06. The maximum Gasteiger partial charge on any atom is 0.0798 e. The first-order valence-corrected chi connectivity index (χ1v) is 13.4. The van der Waals surface area contributed by atoms with E-state index in [2.05, 4.69) is 113 Å². The van der Waals surface area contributed by atoms with Crippen molar-refractivity contribution in [2.24, 2.45) is 5.41 Å². The van der Waals surface area contributed by atoms with E-state index >= 15 is 0 Å². The number of rotatable bonds is 3. The summed E-state index contributed by atoms with van der Waals surface area (Å²) in [5, 5.41) is 5.24. The fourth-order valence-corrected chi connectivity index (χ4v) is 5.63. The van der Waals surface area contributed by atoms with Gasteiger partial charge < -0.3 is 5.32 Å². The van der Waals surface area contributed by atoms with E-state index in [0.29, 0.717) is 0 Å². The molecule has 2 aromatic rings. The first-order chi connectivity index (χ1) is 12.6. The summed E-state index contributed by atoms with van der Waals surface area (Å²) in [4.78, 5) is 0. The van der Waals surface area contributed by atoms with Crippen LogP contribution in [0, 0.1) is 12.3 Å². The normalized spacial score (nSPS) is 17.8. The Morgan fingerprint density at radius 1 is 0.889 bits per heavy atom. The molecule has 1 heterocycles. The summed E-state index contributed by atoms with van der Waals surface area (Å²) in [7, 11) is -1.40. The highest BCUT2D eigenvalue weighted by atomic mass is 28.3. The number of hydrogen-bond acceptors (Lipinski definition) is 1. The average molecular weight is 376 g/mol. The Bertz CT molecular complexity index is 877. The van der Waals surface area contributed by atoms with Crippen molar-refractivity contribution in [3.63, 3.8) is 0 Å². The van der Waals surface area contributed by atoms with Gasteiger partial charge in [0.1, 0.15) is 0 Å². The van der Waals surface area contributed by atoms with E-state index < -0.39 is 8.07 Å². The Morgan fingerprint density at radius 3 is 2.11 bits per heavy atom. The molecule has 142 valence electrons. The number of aryl methyl sites for hydroxylation is 1. The van der Waals surface area contributed by atoms with Crippen molar-refractivity contribution in [1.82, 2.24) is 5.32 Å². The quantitative estimate of drug-likeness (QED) is 0.567. The highest BCUT2D eigenvalue weighted by Crippen LogP contribution is 2.40. The average Bonchev–Trinajstić information content (AvgIpc) is 2.60. The zero-order valence-electron chi connectivity index (χ0n) is 17.9. The first kappa shape index (κ1) is 19.7. The predicted octanol–water partition coefficient (Wildman–Crippen LogP) is 7.04. The molecule has 0 radical (unpaired) electrons. The van der Waals surface area contributed by atoms with Gasteiger partial charge in [0, 0.05) is 0 Å². The molecular formula is C25H33NSi. The standard InChI is InChI=1S/C25H33NSi/c1-18-15-20(19-11-9-8-10-12-19)13-14-21(18)23-16-22(25(2,3)4)24(17-26-23)27(5,6)7/h8-17,23,26H,1-7H3. The van der Waals surface area contributed by atoms with E-state index in [-0.39, 0.29) is 11.5 Å². The van der Waals surface area contributed by atoms with Gasteiger partial charge >= 0.3 is 0 Å². The fraction of sp³-hybridized carbons (Fsp3) is 0.360. The van der Waals surface area contributed by atoms with Crippen LogP contribution in [0.4, 0.5) is 0 Å². The summed E-state index contributed by atoms with van der Waals surface area (Å²) >= 11 is 0. The van der Waals surface area contributed by atoms with Gasteiger partial charge in [-0.3, -0.25) is 0 Å². The lowest BCUT2D eigenvalue weighted by molar-refractivity contribution is 0.501. The minimum atomic E-state index is -1.40. The van der Waals surface area contributed by atoms with Crippen LogP contribution in [0.1, 0.15) is 37.9 Å². The van der Waals surface area contributed by atoms with Crippen LogP contribution in [0.25, 0.3) is 11.1 Å². The van der Waals surface area contributed by atoms with E-state index in [1.165, 1.54) is 27.8 Å². The van der Waals surface area contributed by atoms with Crippen molar-refractivity contribution in [3.05, 3.63) is 82.7 Å². The van der Waals surface area contributed by atoms with Crippen molar-refractivity contribution in [1.29, 1.82) is 0 Å². The molecular weight excluding hydrogens is 342 g/mol. The van der Waals surface area contributed by atoms with Gasteiger partial charge in [-0.25, -0.2) is 0 Å². The van der Waals surface area contributed by atoms with E-state index in [9.17, 15) is 0 Å². The zero-order chi connectivity index (χ0) is 19.8. The third-order valence-corrected chi connectivity index (χ3v) is 7.39. The molecule has 0 fully saturated rings. The zero-order valence-corrected chi connectivity index (χ0v) is 18.9. The monoisotopic (exact) mass is 375 g/mol. The van der Waals surface area contributed by atoms with Gasteiger partial charge in [-0.05, 0) is 51.6 Å². The second-order valence-electron chi connectivity index (χ2n) is 9.72. The summed E-state index contributed by atoms with van der Waals surface area (Å²) in [5.41, 5.74) is 6.92. The lowest BCUT2D eigenvalue weighted by atomic mass is 9.82. The minimum Gasteiger partial charge on any atom is -0.381 e. The summed E-state index contributed by atoms with van der Waals surface area (Å²) in [6.45, 7) is 16.5. The first-order valence-electron chi connectivity index (χ1n) is 9.93. The Morgan fingerprint density at radius 2 is 1.56 bits per heavy atom. The molecule has 1 unspecified atom stereocenters. The lowest BCUT2D eigenvalue weighted by Crippen LogP contribution is -2.35. The molecule has 0 aromatic heterocycles. The van der Waals surface area contributed by atoms with Crippen LogP contribution in [0.5, 0.6) is 0 Å². The summed E-state index contributed by atoms with van der Waals surface area (Å²) in [5.74, 6) is 0. The smallest absolute Gasteiger partial charge is 0.0798 e. The molecule has 1 aliphatic heterocycles. The summed E-state index contributed by atoms with van der Waals surface area (Å²) in [6, 6.07) is 17.7. The van der Waals surface area contributed by atoms with E-state index in [1.54, 1.807) is 5.20 Å². The molecule has 1 nitrogen and oxygen atoms in total. The third kappa shape index (κ3) is 4.27. The van der Waals surface area contributed by atoms with Crippen molar-refractivity contribution in [3.8, 4) is 11.1 Å². The Labute approximate surface area is 166 Å². The number of hydrogen-bond donors (Lipinski definition) is 1. The largest absolute Gasteiger partial charge is 0.381 e. The van der Waals surface area contributed by atoms with Crippen LogP contribution < -0.4 is 5.32 Å². The second kappa shape index (κ2) is 7.16. The molecule has 0 saturated heterocycles. The van der Waals surface area contributed by atoms with Gasteiger partial charge in [-0.15, -0.1) is 0 Å². The van der Waals surface area contributed by atoms with Crippen LogP contribution in [0.2, 0.25) is 19.6 Å². The van der Waals surface area contributed by atoms with Crippen molar-refractivity contribution in [2.75, 3.05) is 0 Å². The molecule has 2 heteroatoms. The Kier molecular flexibility index (Phi) is 5.22. The number of dihydropyridines is 1. The highest BCUT2D eigenvalue weighted by molar-refractivity contribution is 6.84. The van der Waals surface area contributed by atoms with E-state index in [4.69, 9.17) is 0 Å². The van der Waals surface area contributed by atoms with Crippen molar-refractivity contribution >= 4 is 8.07 Å². The Balaban J connectivity index is 1.98. The molecule has 0 aliphatic carbocycles. The van der Waals surface area contributed by atoms with E-state index in [1.807, 2.05) is 0 Å². The van der Waals surface area contributed by atoms with Gasteiger partial charge in [0.25, 0.3) is 0 Å². The fourth-order valence-electron chi connectivity index (χ4n) is 3.84. The molecule has 1 atom stereocenters. The van der Waals surface area contributed by atoms with Crippen LogP contribution in [0.3, 0.4) is 0 Å². The highest BCUT2D eigenvalue weighted by Gasteiger charge is 2.32. The maximum absolute atomic E-state index is 3.69. The van der Waals surface area contributed by atoms with Gasteiger partial charge in [0.05, 0.1) is 14.1 Å². The molecule has 0 saturated carbocycles.